The van der Waals surface area contributed by atoms with Gasteiger partial charge in [0, 0.05) is 101 Å². The summed E-state index contributed by atoms with van der Waals surface area (Å²) in [5.74, 6) is -3.92. The van der Waals surface area contributed by atoms with Crippen LogP contribution in [0.4, 0.5) is 0 Å². The molecule has 4 rings (SSSR count). The van der Waals surface area contributed by atoms with Gasteiger partial charge in [0.1, 0.15) is 23.1 Å². The lowest BCUT2D eigenvalue weighted by Gasteiger charge is -2.34. The molecule has 0 radical (unpaired) electrons. The Morgan fingerprint density at radius 2 is 0.841 bits per heavy atom. The molecule has 0 bridgehead atoms. The van der Waals surface area contributed by atoms with E-state index in [2.05, 4.69) is 13.8 Å². The number of nitrogens with zero attached hydrogens (tertiary/aromatic N) is 4. The molecule has 0 fully saturated rings. The molecule has 2 aromatic carbocycles. The number of carbonyl (C=O) groups is 12. The summed E-state index contributed by atoms with van der Waals surface area (Å²) in [7, 11) is 3.11. The topological polar surface area (TPSA) is 218 Å². The SMILES string of the molecule is CCC(=O)C(CC(=O)CN(C)C(=O)C(CC(=O)CN(C)C(=O)C(CC(C)=O)Cc1ccccc1)CC(C)C)C(C)CC.CCC(=O)C(CC1=CC(=O)CN(C(=O)C(CC2=CC(=O)CN(C(=O)C(CC(C)=O)Cc3ccccc3)C2)CC(C)C)C1)C(C)CC. The molecule has 0 aliphatic carbocycles. The third kappa shape index (κ3) is 25.7. The van der Waals surface area contributed by atoms with E-state index < -0.39 is 23.7 Å². The van der Waals surface area contributed by atoms with Gasteiger partial charge in [0.15, 0.2) is 23.1 Å². The summed E-state index contributed by atoms with van der Waals surface area (Å²) in [5, 5.41) is 0. The van der Waals surface area contributed by atoms with Gasteiger partial charge in [-0.1, -0.05) is 143 Å². The molecule has 2 heterocycles. The van der Waals surface area contributed by atoms with Gasteiger partial charge in [0.25, 0.3) is 0 Å². The van der Waals surface area contributed by atoms with Crippen molar-refractivity contribution in [1.82, 2.24) is 19.6 Å². The third-order valence-electron chi connectivity index (χ3n) is 17.1. The van der Waals surface area contributed by atoms with E-state index >= 15 is 0 Å². The van der Waals surface area contributed by atoms with Crippen molar-refractivity contribution < 1.29 is 57.5 Å². The van der Waals surface area contributed by atoms with Crippen LogP contribution in [0.15, 0.2) is 84.0 Å². The number of rotatable bonds is 36. The van der Waals surface area contributed by atoms with Crippen LogP contribution in [0.2, 0.25) is 0 Å². The van der Waals surface area contributed by atoms with Gasteiger partial charge < -0.3 is 29.2 Å². The summed E-state index contributed by atoms with van der Waals surface area (Å²) < 4.78 is 0. The number of hydrogen-bond acceptors (Lipinski definition) is 12. The molecular weight excluding hydrogens is 1110 g/mol. The molecule has 88 heavy (non-hydrogen) atoms. The van der Waals surface area contributed by atoms with E-state index in [0.29, 0.717) is 63.5 Å². The standard InChI is InChI=1S/C38H52N2O6.C34H52N2O6/c1-7-26(5)35(36(44)8-2)20-30-19-34(43)24-40(22-30)37(45)31(14-25(3)4)17-29-18-33(42)23-39(21-29)38(46)32(15-27(6)41)16-28-12-10-9-11-13-28;1-9-24(5)31(32(40)10-2)20-30(39)22-36(8)33(41)27(16-23(3)4)19-29(38)21-35(7)34(42)28(17-25(6)37)18-26-14-12-11-13-15-26/h9-13,18-19,25-26,31-32,35H,7-8,14-17,20-24H2,1-6H3;11-15,23-24,27-28,31H,9-10,16-22H2,1-8H3. The minimum atomic E-state index is -0.626. The summed E-state index contributed by atoms with van der Waals surface area (Å²) >= 11 is 0. The van der Waals surface area contributed by atoms with Crippen LogP contribution in [0.25, 0.3) is 0 Å². The molecule has 0 N–H and O–H groups in total. The Morgan fingerprint density at radius 3 is 1.28 bits per heavy atom. The van der Waals surface area contributed by atoms with Crippen LogP contribution in [-0.4, -0.2) is 143 Å². The fourth-order valence-corrected chi connectivity index (χ4v) is 12.3. The van der Waals surface area contributed by atoms with E-state index in [1.54, 1.807) is 38.1 Å². The highest BCUT2D eigenvalue weighted by Gasteiger charge is 2.36. The number of hydrogen-bond donors (Lipinski definition) is 0. The van der Waals surface area contributed by atoms with E-state index in [1.807, 2.05) is 109 Å². The molecule has 8 atom stereocenters. The fourth-order valence-electron chi connectivity index (χ4n) is 12.3. The average Bonchev–Trinajstić information content (AvgIpc) is 2.46. The number of carbonyl (C=O) groups excluding carboxylic acids is 12. The van der Waals surface area contributed by atoms with Crippen LogP contribution in [0.5, 0.6) is 0 Å². The first-order valence-electron chi connectivity index (χ1n) is 32.2. The van der Waals surface area contributed by atoms with Crippen LogP contribution in [-0.2, 0) is 70.4 Å². The summed E-state index contributed by atoms with van der Waals surface area (Å²) in [5.41, 5.74) is 3.39. The molecule has 4 amide bonds. The normalized spacial score (nSPS) is 16.1. The fraction of sp³-hybridized carbons (Fsp3) is 0.611. The number of amides is 4. The van der Waals surface area contributed by atoms with Gasteiger partial charge in [-0.3, -0.25) is 47.9 Å². The van der Waals surface area contributed by atoms with Gasteiger partial charge in [-0.05, 0) is 110 Å². The Labute approximate surface area is 525 Å². The smallest absolute Gasteiger partial charge is 0.227 e. The van der Waals surface area contributed by atoms with Crippen LogP contribution in [0.3, 0.4) is 0 Å². The zero-order chi connectivity index (χ0) is 65.9. The summed E-state index contributed by atoms with van der Waals surface area (Å²) in [4.78, 5) is 161. The van der Waals surface area contributed by atoms with Crippen molar-refractivity contribution in [1.29, 1.82) is 0 Å². The van der Waals surface area contributed by atoms with E-state index in [-0.39, 0.29) is 164 Å². The Hall–Kier alpha value is -6.84. The van der Waals surface area contributed by atoms with E-state index in [4.69, 9.17) is 0 Å². The van der Waals surface area contributed by atoms with Gasteiger partial charge >= 0.3 is 0 Å². The van der Waals surface area contributed by atoms with Crippen LogP contribution in [0, 0.1) is 59.2 Å². The molecule has 0 saturated carbocycles. The van der Waals surface area contributed by atoms with E-state index in [9.17, 15) is 57.5 Å². The molecular formula is C72H104N4O12. The van der Waals surface area contributed by atoms with Crippen molar-refractivity contribution in [3.8, 4) is 0 Å². The summed E-state index contributed by atoms with van der Waals surface area (Å²) in [6.45, 7) is 22.8. The second-order valence-corrected chi connectivity index (χ2v) is 26.1. The Kier molecular flexibility index (Phi) is 32.5. The summed E-state index contributed by atoms with van der Waals surface area (Å²) in [6.07, 6.45) is 8.43. The number of ketones is 8. The van der Waals surface area contributed by atoms with Crippen molar-refractivity contribution >= 4 is 69.9 Å². The molecule has 16 heteroatoms. The predicted octanol–water partition coefficient (Wildman–Crippen LogP) is 10.5. The van der Waals surface area contributed by atoms with Gasteiger partial charge in [0.2, 0.25) is 23.6 Å². The number of Topliss-reactive ketones (excluding diaryl/α,β-unsaturated/α-hetero) is 6. The zero-order valence-electron chi connectivity index (χ0n) is 55.5. The third-order valence-corrected chi connectivity index (χ3v) is 17.1. The minimum Gasteiger partial charge on any atom is -0.338 e. The van der Waals surface area contributed by atoms with Crippen molar-refractivity contribution in [3.05, 3.63) is 95.1 Å². The van der Waals surface area contributed by atoms with Crippen molar-refractivity contribution in [2.75, 3.05) is 53.4 Å². The van der Waals surface area contributed by atoms with Crippen molar-refractivity contribution in [3.63, 3.8) is 0 Å². The Balaban J connectivity index is 0.000000463. The minimum absolute atomic E-state index is 0.0124. The van der Waals surface area contributed by atoms with Crippen molar-refractivity contribution in [2.45, 2.75) is 173 Å². The monoisotopic (exact) mass is 1220 g/mol. The van der Waals surface area contributed by atoms with Crippen LogP contribution < -0.4 is 0 Å². The van der Waals surface area contributed by atoms with Gasteiger partial charge in [0.05, 0.1) is 26.2 Å². The molecule has 2 aliphatic heterocycles. The molecule has 8 unspecified atom stereocenters. The molecule has 0 aromatic heterocycles. The predicted molar refractivity (Wildman–Crippen MR) is 343 cm³/mol. The molecule has 2 aliphatic rings. The lowest BCUT2D eigenvalue weighted by molar-refractivity contribution is -0.142. The van der Waals surface area contributed by atoms with Gasteiger partial charge in [-0.15, -0.1) is 0 Å². The maximum absolute atomic E-state index is 14.0. The molecule has 0 saturated heterocycles. The van der Waals surface area contributed by atoms with Gasteiger partial charge in [-0.2, -0.15) is 0 Å². The first kappa shape index (κ1) is 75.4. The zero-order valence-corrected chi connectivity index (χ0v) is 55.5. The number of benzene rings is 2. The second-order valence-electron chi connectivity index (χ2n) is 26.1. The molecule has 2 aromatic rings. The lowest BCUT2D eigenvalue weighted by atomic mass is 9.81. The molecule has 16 nitrogen and oxygen atoms in total. The van der Waals surface area contributed by atoms with Crippen LogP contribution >= 0.6 is 0 Å². The van der Waals surface area contributed by atoms with Gasteiger partial charge in [-0.25, -0.2) is 0 Å². The molecule has 0 spiro atoms. The van der Waals surface area contributed by atoms with Crippen LogP contribution in [0.1, 0.15) is 171 Å². The highest BCUT2D eigenvalue weighted by atomic mass is 16.2. The first-order chi connectivity index (χ1) is 41.5. The summed E-state index contributed by atoms with van der Waals surface area (Å²) in [6, 6.07) is 19.0. The quantitative estimate of drug-likeness (QED) is 0.0622. The Bertz CT molecular complexity index is 2780. The first-order valence-corrected chi connectivity index (χ1v) is 32.2. The lowest BCUT2D eigenvalue weighted by Crippen LogP contribution is -2.46. The largest absolute Gasteiger partial charge is 0.338 e. The highest BCUT2D eigenvalue weighted by molar-refractivity contribution is 5.99. The van der Waals surface area contributed by atoms with Crippen molar-refractivity contribution in [2.24, 2.45) is 59.2 Å². The molecule has 484 valence electrons. The van der Waals surface area contributed by atoms with E-state index in [0.717, 1.165) is 29.5 Å². The highest BCUT2D eigenvalue weighted by Crippen LogP contribution is 2.31. The van der Waals surface area contributed by atoms with E-state index in [1.165, 1.54) is 28.5 Å². The maximum atomic E-state index is 14.0. The number of likely N-dealkylation sites (N-methyl/N-ethyl adjacent to an activating group) is 2. The average molecular weight is 1220 g/mol. The second kappa shape index (κ2) is 37.9. The Morgan fingerprint density at radius 1 is 0.455 bits per heavy atom. The maximum Gasteiger partial charge on any atom is 0.227 e.